The lowest BCUT2D eigenvalue weighted by Crippen LogP contribution is -2.37. The molecule has 2 heterocycles. The number of nitrogens with one attached hydrogen (secondary N) is 1. The lowest BCUT2D eigenvalue weighted by atomic mass is 10.2. The molecule has 1 aromatic heterocycles. The van der Waals surface area contributed by atoms with Crippen LogP contribution in [0.3, 0.4) is 0 Å². The second-order valence-corrected chi connectivity index (χ2v) is 5.83. The van der Waals surface area contributed by atoms with Gasteiger partial charge in [-0.3, -0.25) is 9.59 Å². The largest absolute Gasteiger partial charge is 0.340 e. The SMILES string of the molecule is CC(N)c1nc(C(=O)NC2CCSC2=O)cs1. The Labute approximate surface area is 107 Å². The summed E-state index contributed by atoms with van der Waals surface area (Å²) in [6.07, 6.45) is 0.694. The second kappa shape index (κ2) is 5.16. The average molecular weight is 271 g/mol. The summed E-state index contributed by atoms with van der Waals surface area (Å²) in [5, 5.41) is 5.11. The lowest BCUT2D eigenvalue weighted by molar-refractivity contribution is -0.112. The van der Waals surface area contributed by atoms with Crippen molar-refractivity contribution in [3.05, 3.63) is 16.1 Å². The zero-order valence-corrected chi connectivity index (χ0v) is 10.9. The van der Waals surface area contributed by atoms with Crippen LogP contribution >= 0.6 is 23.1 Å². The van der Waals surface area contributed by atoms with Crippen molar-refractivity contribution >= 4 is 34.1 Å². The maximum absolute atomic E-state index is 11.8. The first-order valence-electron chi connectivity index (χ1n) is 5.26. The Hall–Kier alpha value is -0.920. The van der Waals surface area contributed by atoms with E-state index in [1.54, 1.807) is 5.38 Å². The zero-order chi connectivity index (χ0) is 12.4. The van der Waals surface area contributed by atoms with Gasteiger partial charge in [0.1, 0.15) is 10.7 Å². The van der Waals surface area contributed by atoms with Crippen molar-refractivity contribution in [1.29, 1.82) is 0 Å². The third kappa shape index (κ3) is 2.85. The van der Waals surface area contributed by atoms with Gasteiger partial charge in [0.2, 0.25) is 5.12 Å². The maximum Gasteiger partial charge on any atom is 0.271 e. The van der Waals surface area contributed by atoms with Gasteiger partial charge in [0.05, 0.1) is 12.1 Å². The van der Waals surface area contributed by atoms with Gasteiger partial charge in [-0.2, -0.15) is 0 Å². The smallest absolute Gasteiger partial charge is 0.271 e. The Bertz CT molecular complexity index is 445. The number of rotatable bonds is 3. The van der Waals surface area contributed by atoms with Crippen molar-refractivity contribution < 1.29 is 9.59 Å². The minimum Gasteiger partial charge on any atom is -0.340 e. The number of aromatic nitrogens is 1. The van der Waals surface area contributed by atoms with E-state index >= 15 is 0 Å². The number of thiazole rings is 1. The summed E-state index contributed by atoms with van der Waals surface area (Å²) >= 11 is 2.62. The van der Waals surface area contributed by atoms with Crippen LogP contribution in [0.25, 0.3) is 0 Å². The fourth-order valence-electron chi connectivity index (χ4n) is 1.46. The number of amides is 1. The van der Waals surface area contributed by atoms with Gasteiger partial charge in [-0.05, 0) is 13.3 Å². The molecule has 1 fully saturated rings. The van der Waals surface area contributed by atoms with Crippen molar-refractivity contribution in [1.82, 2.24) is 10.3 Å². The molecule has 5 nitrogen and oxygen atoms in total. The van der Waals surface area contributed by atoms with Crippen LogP contribution in [0.4, 0.5) is 0 Å². The number of nitrogens with two attached hydrogens (primary N) is 1. The minimum absolute atomic E-state index is 0.0287. The molecule has 0 spiro atoms. The molecule has 0 bridgehead atoms. The van der Waals surface area contributed by atoms with Gasteiger partial charge in [-0.15, -0.1) is 11.3 Å². The Balaban J connectivity index is 2.01. The van der Waals surface area contributed by atoms with E-state index in [4.69, 9.17) is 5.73 Å². The molecule has 3 N–H and O–H groups in total. The van der Waals surface area contributed by atoms with E-state index in [1.165, 1.54) is 23.1 Å². The van der Waals surface area contributed by atoms with Crippen LogP contribution in [0.5, 0.6) is 0 Å². The van der Waals surface area contributed by atoms with Crippen LogP contribution in [-0.2, 0) is 4.79 Å². The van der Waals surface area contributed by atoms with Crippen LogP contribution in [0, 0.1) is 0 Å². The van der Waals surface area contributed by atoms with Gasteiger partial charge >= 0.3 is 0 Å². The molecule has 2 rings (SSSR count). The standard InChI is InChI=1S/C10H13N3O2S2/c1-5(11)9-13-7(4-17-9)8(14)12-6-2-3-16-10(6)15/h4-6H,2-3,11H2,1H3,(H,12,14). The van der Waals surface area contributed by atoms with Gasteiger partial charge in [-0.25, -0.2) is 4.98 Å². The summed E-state index contributed by atoms with van der Waals surface area (Å²) in [6.45, 7) is 1.82. The summed E-state index contributed by atoms with van der Waals surface area (Å²) in [4.78, 5) is 27.3. The third-order valence-corrected chi connectivity index (χ3v) is 4.44. The molecule has 0 saturated carbocycles. The molecule has 2 unspecified atom stereocenters. The topological polar surface area (TPSA) is 85.1 Å². The van der Waals surface area contributed by atoms with E-state index in [0.717, 1.165) is 10.8 Å². The van der Waals surface area contributed by atoms with Crippen LogP contribution in [0.1, 0.15) is 34.9 Å². The van der Waals surface area contributed by atoms with Gasteiger partial charge < -0.3 is 11.1 Å². The molecule has 92 valence electrons. The van der Waals surface area contributed by atoms with Crippen molar-refractivity contribution in [3.8, 4) is 0 Å². The lowest BCUT2D eigenvalue weighted by Gasteiger charge is -2.08. The number of hydrogen-bond donors (Lipinski definition) is 2. The predicted octanol–water partition coefficient (Wildman–Crippen LogP) is 0.925. The molecule has 0 radical (unpaired) electrons. The third-order valence-electron chi connectivity index (χ3n) is 2.38. The molecule has 0 aliphatic carbocycles. The minimum atomic E-state index is -0.368. The molecule has 1 amide bonds. The summed E-state index contributed by atoms with van der Waals surface area (Å²) < 4.78 is 0. The average Bonchev–Trinajstić information content (AvgIpc) is 2.88. The highest BCUT2D eigenvalue weighted by molar-refractivity contribution is 8.14. The van der Waals surface area contributed by atoms with Crippen molar-refractivity contribution in [2.75, 3.05) is 5.75 Å². The predicted molar refractivity (Wildman–Crippen MR) is 68.1 cm³/mol. The molecule has 1 aromatic rings. The zero-order valence-electron chi connectivity index (χ0n) is 9.30. The number of carbonyl (C=O) groups is 2. The molecule has 17 heavy (non-hydrogen) atoms. The van der Waals surface area contributed by atoms with Crippen molar-refractivity contribution in [2.45, 2.75) is 25.4 Å². The number of nitrogens with zero attached hydrogens (tertiary/aromatic N) is 1. The summed E-state index contributed by atoms with van der Waals surface area (Å²) in [5.41, 5.74) is 6.01. The quantitative estimate of drug-likeness (QED) is 0.854. The fourth-order valence-corrected chi connectivity index (χ4v) is 3.15. The number of thioether (sulfide) groups is 1. The Morgan fingerprint density at radius 1 is 1.71 bits per heavy atom. The van der Waals surface area contributed by atoms with Crippen LogP contribution in [0.2, 0.25) is 0 Å². The van der Waals surface area contributed by atoms with Crippen molar-refractivity contribution in [3.63, 3.8) is 0 Å². The molecule has 1 aliphatic rings. The van der Waals surface area contributed by atoms with Gasteiger partial charge in [0.25, 0.3) is 5.91 Å². The second-order valence-electron chi connectivity index (χ2n) is 3.84. The first kappa shape index (κ1) is 12.5. The van der Waals surface area contributed by atoms with Crippen LogP contribution in [0.15, 0.2) is 5.38 Å². The molecular weight excluding hydrogens is 258 g/mol. The van der Waals surface area contributed by atoms with E-state index in [2.05, 4.69) is 10.3 Å². The van der Waals surface area contributed by atoms with Gasteiger partial charge in [0.15, 0.2) is 0 Å². The maximum atomic E-state index is 11.8. The van der Waals surface area contributed by atoms with E-state index in [-0.39, 0.29) is 23.1 Å². The fraction of sp³-hybridized carbons (Fsp3) is 0.500. The molecule has 1 saturated heterocycles. The Morgan fingerprint density at radius 3 is 3.00 bits per heavy atom. The number of hydrogen-bond acceptors (Lipinski definition) is 6. The first-order valence-corrected chi connectivity index (χ1v) is 7.13. The summed E-state index contributed by atoms with van der Waals surface area (Å²) in [5.74, 6) is 0.473. The molecule has 0 aromatic carbocycles. The van der Waals surface area contributed by atoms with Gasteiger partial charge in [-0.1, -0.05) is 11.8 Å². The summed E-state index contributed by atoms with van der Waals surface area (Å²) in [6, 6.07) is -0.543. The summed E-state index contributed by atoms with van der Waals surface area (Å²) in [7, 11) is 0. The van der Waals surface area contributed by atoms with Gasteiger partial charge in [0, 0.05) is 11.1 Å². The number of carbonyl (C=O) groups excluding carboxylic acids is 2. The monoisotopic (exact) mass is 271 g/mol. The highest BCUT2D eigenvalue weighted by Crippen LogP contribution is 2.20. The van der Waals surface area contributed by atoms with E-state index in [0.29, 0.717) is 12.1 Å². The van der Waals surface area contributed by atoms with Crippen LogP contribution in [-0.4, -0.2) is 27.8 Å². The molecule has 1 aliphatic heterocycles. The van der Waals surface area contributed by atoms with E-state index in [9.17, 15) is 9.59 Å². The van der Waals surface area contributed by atoms with Crippen LogP contribution < -0.4 is 11.1 Å². The normalized spacial score (nSPS) is 21.5. The van der Waals surface area contributed by atoms with E-state index in [1.807, 2.05) is 6.92 Å². The molecular formula is C10H13N3O2S2. The first-order chi connectivity index (χ1) is 8.08. The highest BCUT2D eigenvalue weighted by atomic mass is 32.2. The molecule has 7 heteroatoms. The Morgan fingerprint density at radius 2 is 2.47 bits per heavy atom. The molecule has 2 atom stereocenters. The van der Waals surface area contributed by atoms with Crippen molar-refractivity contribution in [2.24, 2.45) is 5.73 Å². The van der Waals surface area contributed by atoms with E-state index < -0.39 is 0 Å². The Kier molecular flexibility index (Phi) is 3.80. The highest BCUT2D eigenvalue weighted by Gasteiger charge is 2.27.